The fourth-order valence-corrected chi connectivity index (χ4v) is 2.83. The van der Waals surface area contributed by atoms with Crippen LogP contribution in [0.5, 0.6) is 0 Å². The Morgan fingerprint density at radius 1 is 1.38 bits per heavy atom. The molecule has 0 radical (unpaired) electrons. The molecule has 1 heterocycles. The summed E-state index contributed by atoms with van der Waals surface area (Å²) < 4.78 is 13.9. The van der Waals surface area contributed by atoms with Crippen molar-refractivity contribution in [3.63, 3.8) is 0 Å². The van der Waals surface area contributed by atoms with Gasteiger partial charge < -0.3 is 0 Å². The fourth-order valence-electron chi connectivity index (χ4n) is 1.47. The van der Waals surface area contributed by atoms with Crippen molar-refractivity contribution in [2.24, 2.45) is 0 Å². The van der Waals surface area contributed by atoms with Crippen LogP contribution in [0.2, 0.25) is 0 Å². The van der Waals surface area contributed by atoms with E-state index in [9.17, 15) is 9.18 Å². The monoisotopic (exact) mass is 298 g/mol. The van der Waals surface area contributed by atoms with E-state index >= 15 is 0 Å². The van der Waals surface area contributed by atoms with E-state index in [2.05, 4.69) is 15.9 Å². The molecular formula is C12H8BrFOS. The summed E-state index contributed by atoms with van der Waals surface area (Å²) in [6.07, 6.45) is 0.804. The van der Waals surface area contributed by atoms with E-state index in [0.29, 0.717) is 9.35 Å². The number of aldehydes is 1. The highest BCUT2D eigenvalue weighted by Crippen LogP contribution is 2.32. The number of hydrogen-bond acceptors (Lipinski definition) is 2. The summed E-state index contributed by atoms with van der Waals surface area (Å²) in [4.78, 5) is 12.1. The minimum Gasteiger partial charge on any atom is -0.297 e. The molecule has 0 amide bonds. The molecule has 0 bridgehead atoms. The van der Waals surface area contributed by atoms with Crippen molar-refractivity contribution >= 4 is 33.6 Å². The van der Waals surface area contributed by atoms with Crippen LogP contribution < -0.4 is 0 Å². The van der Waals surface area contributed by atoms with Crippen LogP contribution in [0.25, 0.3) is 10.4 Å². The number of carbonyl (C=O) groups excluding carboxylic acids is 1. The van der Waals surface area contributed by atoms with Crippen molar-refractivity contribution in [3.8, 4) is 10.4 Å². The second-order valence-electron chi connectivity index (χ2n) is 3.40. The molecule has 2 rings (SSSR count). The molecule has 4 heteroatoms. The number of hydrogen-bond donors (Lipinski definition) is 0. The lowest BCUT2D eigenvalue weighted by atomic mass is 10.1. The van der Waals surface area contributed by atoms with Gasteiger partial charge in [0.1, 0.15) is 5.82 Å². The number of rotatable bonds is 2. The summed E-state index contributed by atoms with van der Waals surface area (Å²) in [5, 5.41) is 0. The molecule has 0 atom stereocenters. The third-order valence-corrected chi connectivity index (χ3v) is 3.93. The molecule has 1 aromatic heterocycles. The van der Waals surface area contributed by atoms with Gasteiger partial charge in [-0.3, -0.25) is 4.79 Å². The second kappa shape index (κ2) is 4.47. The summed E-state index contributed by atoms with van der Waals surface area (Å²) in [5.41, 5.74) is 1.81. The fraction of sp³-hybridized carbons (Fsp3) is 0.0833. The van der Waals surface area contributed by atoms with Crippen LogP contribution in [0.1, 0.15) is 15.2 Å². The van der Waals surface area contributed by atoms with Gasteiger partial charge in [0.25, 0.3) is 0 Å². The zero-order valence-corrected chi connectivity index (χ0v) is 10.9. The second-order valence-corrected chi connectivity index (χ2v) is 5.37. The lowest BCUT2D eigenvalue weighted by molar-refractivity contribution is 0.112. The van der Waals surface area contributed by atoms with Crippen LogP contribution in [-0.4, -0.2) is 6.29 Å². The molecule has 1 nitrogen and oxygen atoms in total. The quantitative estimate of drug-likeness (QED) is 0.749. The van der Waals surface area contributed by atoms with Crippen LogP contribution in [0.4, 0.5) is 4.39 Å². The number of thiophene rings is 1. The van der Waals surface area contributed by atoms with Crippen molar-refractivity contribution in [3.05, 3.63) is 45.0 Å². The van der Waals surface area contributed by atoms with E-state index in [4.69, 9.17) is 0 Å². The van der Waals surface area contributed by atoms with Gasteiger partial charge in [-0.1, -0.05) is 0 Å². The Hall–Kier alpha value is -1.00. The van der Waals surface area contributed by atoms with E-state index in [1.165, 1.54) is 17.4 Å². The van der Waals surface area contributed by atoms with Crippen LogP contribution in [0, 0.1) is 12.7 Å². The number of benzene rings is 1. The lowest BCUT2D eigenvalue weighted by Crippen LogP contribution is -1.84. The van der Waals surface area contributed by atoms with Crippen molar-refractivity contribution < 1.29 is 9.18 Å². The summed E-state index contributed by atoms with van der Waals surface area (Å²) in [7, 11) is 0. The minimum atomic E-state index is -0.290. The summed E-state index contributed by atoms with van der Waals surface area (Å²) in [6, 6.07) is 6.81. The van der Waals surface area contributed by atoms with Gasteiger partial charge in [0.05, 0.1) is 9.35 Å². The van der Waals surface area contributed by atoms with Gasteiger partial charge in [0, 0.05) is 4.88 Å². The third-order valence-electron chi connectivity index (χ3n) is 2.28. The first kappa shape index (κ1) is 11.5. The lowest BCUT2D eigenvalue weighted by Gasteiger charge is -2.04. The van der Waals surface area contributed by atoms with E-state index < -0.39 is 0 Å². The SMILES string of the molecule is Cc1cc(Br)c(F)cc1-c1ccc(C=O)s1. The van der Waals surface area contributed by atoms with Crippen molar-refractivity contribution in [2.75, 3.05) is 0 Å². The Kier molecular flexibility index (Phi) is 3.21. The predicted molar refractivity (Wildman–Crippen MR) is 67.5 cm³/mol. The van der Waals surface area contributed by atoms with Crippen LogP contribution in [-0.2, 0) is 0 Å². The Labute approximate surface area is 105 Å². The molecule has 0 aliphatic carbocycles. The standard InChI is InChI=1S/C12H8BrFOS/c1-7-4-10(13)11(14)5-9(7)12-3-2-8(6-15)16-12/h2-6H,1H3. The van der Waals surface area contributed by atoms with Gasteiger partial charge in [-0.15, -0.1) is 11.3 Å². The number of halogens is 2. The molecule has 0 saturated heterocycles. The molecule has 82 valence electrons. The molecule has 0 saturated carbocycles. The van der Waals surface area contributed by atoms with Gasteiger partial charge in [0.2, 0.25) is 0 Å². The zero-order chi connectivity index (χ0) is 11.7. The number of aryl methyl sites for hydroxylation is 1. The molecule has 0 spiro atoms. The maximum absolute atomic E-state index is 13.4. The highest BCUT2D eigenvalue weighted by Gasteiger charge is 2.09. The van der Waals surface area contributed by atoms with Gasteiger partial charge in [-0.25, -0.2) is 4.39 Å². The van der Waals surface area contributed by atoms with E-state index in [1.807, 2.05) is 13.0 Å². The van der Waals surface area contributed by atoms with E-state index in [1.54, 1.807) is 12.1 Å². The van der Waals surface area contributed by atoms with Gasteiger partial charge >= 0.3 is 0 Å². The summed E-state index contributed by atoms with van der Waals surface area (Å²) >= 11 is 4.51. The molecule has 16 heavy (non-hydrogen) atoms. The topological polar surface area (TPSA) is 17.1 Å². The van der Waals surface area contributed by atoms with Crippen molar-refractivity contribution in [2.45, 2.75) is 6.92 Å². The molecule has 2 aromatic rings. The van der Waals surface area contributed by atoms with Crippen LogP contribution in [0.3, 0.4) is 0 Å². The first-order valence-corrected chi connectivity index (χ1v) is 6.24. The zero-order valence-electron chi connectivity index (χ0n) is 8.46. The van der Waals surface area contributed by atoms with Gasteiger partial charge in [-0.2, -0.15) is 0 Å². The third kappa shape index (κ3) is 2.08. The van der Waals surface area contributed by atoms with E-state index in [-0.39, 0.29) is 5.82 Å². The Morgan fingerprint density at radius 3 is 2.75 bits per heavy atom. The van der Waals surface area contributed by atoms with Crippen molar-refractivity contribution in [1.82, 2.24) is 0 Å². The summed E-state index contributed by atoms with van der Waals surface area (Å²) in [5.74, 6) is -0.290. The van der Waals surface area contributed by atoms with E-state index in [0.717, 1.165) is 22.3 Å². The first-order valence-electron chi connectivity index (χ1n) is 4.63. The molecule has 1 aromatic carbocycles. The van der Waals surface area contributed by atoms with Crippen molar-refractivity contribution in [1.29, 1.82) is 0 Å². The maximum atomic E-state index is 13.4. The highest BCUT2D eigenvalue weighted by atomic mass is 79.9. The summed E-state index contributed by atoms with van der Waals surface area (Å²) in [6.45, 7) is 1.92. The molecule has 0 aliphatic rings. The molecule has 0 aliphatic heterocycles. The molecule has 0 unspecified atom stereocenters. The Balaban J connectivity index is 2.55. The predicted octanol–water partition coefficient (Wildman–Crippen LogP) is 4.44. The highest BCUT2D eigenvalue weighted by molar-refractivity contribution is 9.10. The molecular weight excluding hydrogens is 291 g/mol. The Morgan fingerprint density at radius 2 is 2.12 bits per heavy atom. The van der Waals surface area contributed by atoms with Gasteiger partial charge in [-0.05, 0) is 58.2 Å². The van der Waals surface area contributed by atoms with Crippen LogP contribution in [0.15, 0.2) is 28.7 Å². The largest absolute Gasteiger partial charge is 0.297 e. The Bertz CT molecular complexity index is 548. The minimum absolute atomic E-state index is 0.290. The normalized spacial score (nSPS) is 10.4. The maximum Gasteiger partial charge on any atom is 0.160 e. The number of carbonyl (C=O) groups is 1. The first-order chi connectivity index (χ1) is 7.61. The molecule has 0 fully saturated rings. The average molecular weight is 299 g/mol. The van der Waals surface area contributed by atoms with Crippen LogP contribution >= 0.6 is 27.3 Å². The average Bonchev–Trinajstić information content (AvgIpc) is 2.71. The van der Waals surface area contributed by atoms with Gasteiger partial charge in [0.15, 0.2) is 6.29 Å². The smallest absolute Gasteiger partial charge is 0.160 e. The molecule has 0 N–H and O–H groups in total.